The largest absolute Gasteiger partial charge is 0.448 e. The molecule has 1 saturated heterocycles. The fraction of sp³-hybridized carbons (Fsp3) is 0.308. The Morgan fingerprint density at radius 1 is 1.47 bits per heavy atom. The lowest BCUT2D eigenvalue weighted by molar-refractivity contribution is 0.0945. The molecule has 0 aliphatic carbocycles. The second kappa shape index (κ2) is 5.19. The Labute approximate surface area is 110 Å². The van der Waals surface area contributed by atoms with Gasteiger partial charge in [0.05, 0.1) is 18.2 Å². The van der Waals surface area contributed by atoms with Crippen molar-refractivity contribution in [2.24, 2.45) is 0 Å². The zero-order valence-electron chi connectivity index (χ0n) is 10.3. The van der Waals surface area contributed by atoms with E-state index >= 15 is 0 Å². The number of pyridine rings is 1. The van der Waals surface area contributed by atoms with Crippen LogP contribution in [0.5, 0.6) is 0 Å². The molecule has 1 fully saturated rings. The van der Waals surface area contributed by atoms with Crippen LogP contribution in [-0.2, 0) is 6.54 Å². The average molecular weight is 258 g/mol. The third-order valence-electron chi connectivity index (χ3n) is 3.04. The highest BCUT2D eigenvalue weighted by Crippen LogP contribution is 2.18. The zero-order valence-corrected chi connectivity index (χ0v) is 10.3. The maximum atomic E-state index is 11.9. The second-order valence-corrected chi connectivity index (χ2v) is 4.43. The van der Waals surface area contributed by atoms with Gasteiger partial charge in [0.1, 0.15) is 6.26 Å². The van der Waals surface area contributed by atoms with Gasteiger partial charge < -0.3 is 15.1 Å². The highest BCUT2D eigenvalue weighted by Gasteiger charge is 2.25. The van der Waals surface area contributed by atoms with Crippen LogP contribution in [0.3, 0.4) is 0 Å². The topological polar surface area (TPSA) is 80.0 Å². The van der Waals surface area contributed by atoms with E-state index in [0.717, 1.165) is 18.8 Å². The number of nitrogens with one attached hydrogen (secondary N) is 2. The molecule has 0 saturated carbocycles. The molecule has 3 rings (SSSR count). The highest BCUT2D eigenvalue weighted by atomic mass is 16.3. The molecule has 0 spiro atoms. The molecule has 0 aromatic carbocycles. The normalized spacial score (nSPS) is 14.9. The van der Waals surface area contributed by atoms with E-state index in [1.807, 2.05) is 18.2 Å². The first-order valence-corrected chi connectivity index (χ1v) is 6.17. The number of rotatable bonds is 4. The van der Waals surface area contributed by atoms with Crippen molar-refractivity contribution in [1.29, 1.82) is 0 Å². The minimum absolute atomic E-state index is 0.243. The molecule has 0 radical (unpaired) electrons. The quantitative estimate of drug-likeness (QED) is 0.843. The van der Waals surface area contributed by atoms with Crippen LogP contribution in [0.4, 0.5) is 0 Å². The van der Waals surface area contributed by atoms with Gasteiger partial charge in [0.15, 0.2) is 11.6 Å². The molecule has 98 valence electrons. The molecule has 0 bridgehead atoms. The summed E-state index contributed by atoms with van der Waals surface area (Å²) in [6, 6.07) is 5.57. The molecular formula is C13H14N4O2. The van der Waals surface area contributed by atoms with Crippen LogP contribution in [0.1, 0.15) is 28.0 Å². The fourth-order valence-electron chi connectivity index (χ4n) is 1.81. The van der Waals surface area contributed by atoms with Gasteiger partial charge in [-0.25, -0.2) is 4.98 Å². The van der Waals surface area contributed by atoms with Crippen molar-refractivity contribution < 1.29 is 9.21 Å². The van der Waals surface area contributed by atoms with Crippen LogP contribution in [0, 0.1) is 0 Å². The first-order chi connectivity index (χ1) is 9.33. The van der Waals surface area contributed by atoms with Crippen molar-refractivity contribution in [1.82, 2.24) is 20.6 Å². The number of amides is 1. The van der Waals surface area contributed by atoms with Gasteiger partial charge >= 0.3 is 0 Å². The number of carbonyl (C=O) groups excluding carboxylic acids is 1. The van der Waals surface area contributed by atoms with E-state index in [-0.39, 0.29) is 11.8 Å². The lowest BCUT2D eigenvalue weighted by atomic mass is 10.0. The summed E-state index contributed by atoms with van der Waals surface area (Å²) in [6.07, 6.45) is 3.10. The van der Waals surface area contributed by atoms with Gasteiger partial charge in [-0.3, -0.25) is 9.78 Å². The van der Waals surface area contributed by atoms with Crippen molar-refractivity contribution >= 4 is 5.91 Å². The number of hydrogen-bond donors (Lipinski definition) is 2. The van der Waals surface area contributed by atoms with Crippen LogP contribution < -0.4 is 10.6 Å². The van der Waals surface area contributed by atoms with Crippen LogP contribution >= 0.6 is 0 Å². The maximum absolute atomic E-state index is 11.9. The molecule has 2 aromatic rings. The van der Waals surface area contributed by atoms with Gasteiger partial charge in [-0.1, -0.05) is 6.07 Å². The second-order valence-electron chi connectivity index (χ2n) is 4.43. The van der Waals surface area contributed by atoms with Gasteiger partial charge in [0.25, 0.3) is 5.91 Å². The Morgan fingerprint density at radius 3 is 3.05 bits per heavy atom. The molecule has 6 heteroatoms. The summed E-state index contributed by atoms with van der Waals surface area (Å²) >= 11 is 0. The zero-order chi connectivity index (χ0) is 13.1. The van der Waals surface area contributed by atoms with Gasteiger partial charge in [0.2, 0.25) is 0 Å². The van der Waals surface area contributed by atoms with E-state index < -0.39 is 0 Å². The molecule has 1 amide bonds. The fourth-order valence-corrected chi connectivity index (χ4v) is 1.81. The van der Waals surface area contributed by atoms with Gasteiger partial charge in [-0.15, -0.1) is 0 Å². The SMILES string of the molecule is O=C(NCc1ccccn1)c1coc(C2CNC2)n1. The lowest BCUT2D eigenvalue weighted by Gasteiger charge is -2.23. The van der Waals surface area contributed by atoms with Crippen molar-refractivity contribution in [3.05, 3.63) is 47.9 Å². The summed E-state index contributed by atoms with van der Waals surface area (Å²) in [5.41, 5.74) is 1.13. The summed E-state index contributed by atoms with van der Waals surface area (Å²) < 4.78 is 5.31. The summed E-state index contributed by atoms with van der Waals surface area (Å²) in [5.74, 6) is 0.673. The molecule has 3 heterocycles. The van der Waals surface area contributed by atoms with Gasteiger partial charge in [-0.2, -0.15) is 0 Å². The Balaban J connectivity index is 1.59. The van der Waals surface area contributed by atoms with Crippen molar-refractivity contribution in [2.75, 3.05) is 13.1 Å². The number of hydrogen-bond acceptors (Lipinski definition) is 5. The molecule has 1 aliphatic rings. The smallest absolute Gasteiger partial charge is 0.273 e. The molecule has 6 nitrogen and oxygen atoms in total. The first kappa shape index (κ1) is 11.9. The molecule has 2 N–H and O–H groups in total. The first-order valence-electron chi connectivity index (χ1n) is 6.17. The van der Waals surface area contributed by atoms with E-state index in [2.05, 4.69) is 20.6 Å². The molecule has 2 aromatic heterocycles. The Hall–Kier alpha value is -2.21. The molecule has 0 unspecified atom stereocenters. The average Bonchev–Trinajstić information content (AvgIpc) is 2.84. The minimum Gasteiger partial charge on any atom is -0.448 e. The summed E-state index contributed by atoms with van der Waals surface area (Å²) in [6.45, 7) is 2.10. The molecular weight excluding hydrogens is 244 g/mol. The maximum Gasteiger partial charge on any atom is 0.273 e. The Bertz CT molecular complexity index is 563. The monoisotopic (exact) mass is 258 g/mol. The van der Waals surface area contributed by atoms with E-state index in [0.29, 0.717) is 18.1 Å². The number of oxazole rings is 1. The van der Waals surface area contributed by atoms with Crippen LogP contribution in [-0.4, -0.2) is 29.0 Å². The van der Waals surface area contributed by atoms with Crippen molar-refractivity contribution in [3.63, 3.8) is 0 Å². The lowest BCUT2D eigenvalue weighted by Crippen LogP contribution is -2.40. The summed E-state index contributed by atoms with van der Waals surface area (Å²) in [4.78, 5) is 20.2. The third kappa shape index (κ3) is 2.63. The van der Waals surface area contributed by atoms with Crippen molar-refractivity contribution in [3.8, 4) is 0 Å². The van der Waals surface area contributed by atoms with E-state index in [1.54, 1.807) is 6.20 Å². The third-order valence-corrected chi connectivity index (χ3v) is 3.04. The molecule has 0 atom stereocenters. The summed E-state index contributed by atoms with van der Waals surface area (Å²) in [7, 11) is 0. The van der Waals surface area contributed by atoms with Crippen molar-refractivity contribution in [2.45, 2.75) is 12.5 Å². The highest BCUT2D eigenvalue weighted by molar-refractivity contribution is 5.91. The number of aromatic nitrogens is 2. The van der Waals surface area contributed by atoms with E-state index in [4.69, 9.17) is 4.42 Å². The minimum atomic E-state index is -0.243. The van der Waals surface area contributed by atoms with Gasteiger partial charge in [0, 0.05) is 19.3 Å². The number of nitrogens with zero attached hydrogens (tertiary/aromatic N) is 2. The predicted molar refractivity (Wildman–Crippen MR) is 67.5 cm³/mol. The standard InChI is InChI=1S/C13H14N4O2/c18-12(16-7-10-3-1-2-4-15-10)11-8-19-13(17-11)9-5-14-6-9/h1-4,8-9,14H,5-7H2,(H,16,18). The Morgan fingerprint density at radius 2 is 2.37 bits per heavy atom. The van der Waals surface area contributed by atoms with Gasteiger partial charge in [-0.05, 0) is 12.1 Å². The molecule has 19 heavy (non-hydrogen) atoms. The Kier molecular flexibility index (Phi) is 3.24. The molecule has 1 aliphatic heterocycles. The van der Waals surface area contributed by atoms with Crippen LogP contribution in [0.25, 0.3) is 0 Å². The predicted octanol–water partition coefficient (Wildman–Crippen LogP) is 0.686. The van der Waals surface area contributed by atoms with E-state index in [9.17, 15) is 4.79 Å². The van der Waals surface area contributed by atoms with Crippen LogP contribution in [0.15, 0.2) is 35.1 Å². The van der Waals surface area contributed by atoms with Crippen LogP contribution in [0.2, 0.25) is 0 Å². The summed E-state index contributed by atoms with van der Waals surface area (Å²) in [5, 5.41) is 5.90. The van der Waals surface area contributed by atoms with E-state index in [1.165, 1.54) is 6.26 Å². The number of carbonyl (C=O) groups is 1.